The van der Waals surface area contributed by atoms with E-state index in [-0.39, 0.29) is 0 Å². The molecule has 0 aliphatic heterocycles. The van der Waals surface area contributed by atoms with Crippen LogP contribution in [0.15, 0.2) is 35.1 Å². The number of fused-ring (bicyclic) bond motifs is 1. The lowest BCUT2D eigenvalue weighted by Gasteiger charge is -2.04. The Morgan fingerprint density at radius 1 is 1.35 bits per heavy atom. The van der Waals surface area contributed by atoms with Gasteiger partial charge in [-0.1, -0.05) is 0 Å². The van der Waals surface area contributed by atoms with E-state index in [9.17, 15) is 0 Å². The van der Waals surface area contributed by atoms with Gasteiger partial charge in [0, 0.05) is 18.3 Å². The summed E-state index contributed by atoms with van der Waals surface area (Å²) in [5.41, 5.74) is 8.43. The molecule has 0 unspecified atom stereocenters. The van der Waals surface area contributed by atoms with Crippen LogP contribution in [0.1, 0.15) is 11.4 Å². The first-order valence-corrected chi connectivity index (χ1v) is 7.17. The molecule has 0 spiro atoms. The van der Waals surface area contributed by atoms with Crippen LogP contribution in [0.4, 0.5) is 5.82 Å². The summed E-state index contributed by atoms with van der Waals surface area (Å²) in [4.78, 5) is 7.64. The average Bonchev–Trinajstić information content (AvgIpc) is 3.07. The van der Waals surface area contributed by atoms with Crippen molar-refractivity contribution in [2.45, 2.75) is 13.0 Å². The highest BCUT2D eigenvalue weighted by Gasteiger charge is 2.10. The van der Waals surface area contributed by atoms with Crippen LogP contribution in [-0.2, 0) is 13.0 Å². The summed E-state index contributed by atoms with van der Waals surface area (Å²) in [5.74, 6) is 0.796. The summed E-state index contributed by atoms with van der Waals surface area (Å²) >= 11 is 3.53. The highest BCUT2D eigenvalue weighted by molar-refractivity contribution is 9.10. The maximum absolute atomic E-state index is 5.58. The average molecular weight is 335 g/mol. The van der Waals surface area contributed by atoms with Crippen LogP contribution in [0.3, 0.4) is 0 Å². The van der Waals surface area contributed by atoms with E-state index in [4.69, 9.17) is 5.73 Å². The van der Waals surface area contributed by atoms with Gasteiger partial charge >= 0.3 is 0 Å². The molecule has 0 atom stereocenters. The SMILES string of the molecule is NCCc1nc2ccc(NCc3ccc[nH]3)nn2c1Br. The quantitative estimate of drug-likeness (QED) is 0.665. The van der Waals surface area contributed by atoms with Gasteiger partial charge in [-0.15, -0.1) is 5.10 Å². The number of aromatic nitrogens is 4. The van der Waals surface area contributed by atoms with Gasteiger partial charge in [0.1, 0.15) is 10.4 Å². The maximum Gasteiger partial charge on any atom is 0.155 e. The Hall–Kier alpha value is -1.86. The normalized spacial score (nSPS) is 11.1. The number of imidazole rings is 1. The third-order valence-electron chi connectivity index (χ3n) is 2.99. The number of aromatic amines is 1. The number of nitrogens with one attached hydrogen (secondary N) is 2. The molecule has 3 aromatic heterocycles. The van der Waals surface area contributed by atoms with Crippen molar-refractivity contribution < 1.29 is 0 Å². The molecular weight excluding hydrogens is 320 g/mol. The molecule has 4 N–H and O–H groups in total. The standard InChI is InChI=1S/C13H15BrN6/c14-13-10(5-6-15)18-12-4-3-11(19-20(12)13)17-8-9-2-1-7-16-9/h1-4,7,16H,5-6,8,15H2,(H,17,19). The van der Waals surface area contributed by atoms with Crippen LogP contribution in [0, 0.1) is 0 Å². The smallest absolute Gasteiger partial charge is 0.155 e. The van der Waals surface area contributed by atoms with Gasteiger partial charge in [0.05, 0.1) is 12.2 Å². The maximum atomic E-state index is 5.58. The Kier molecular flexibility index (Phi) is 3.70. The van der Waals surface area contributed by atoms with Gasteiger partial charge in [-0.05, 0) is 46.7 Å². The first kappa shape index (κ1) is 13.1. The van der Waals surface area contributed by atoms with Crippen LogP contribution < -0.4 is 11.1 Å². The molecule has 0 bridgehead atoms. The van der Waals surface area contributed by atoms with E-state index in [1.54, 1.807) is 4.52 Å². The Morgan fingerprint density at radius 3 is 3.00 bits per heavy atom. The van der Waals surface area contributed by atoms with E-state index in [0.29, 0.717) is 13.1 Å². The molecule has 0 radical (unpaired) electrons. The van der Waals surface area contributed by atoms with Crippen molar-refractivity contribution in [1.82, 2.24) is 19.6 Å². The van der Waals surface area contributed by atoms with E-state index in [1.165, 1.54) is 0 Å². The zero-order valence-corrected chi connectivity index (χ0v) is 12.4. The molecule has 0 saturated carbocycles. The fourth-order valence-corrected chi connectivity index (χ4v) is 2.55. The minimum absolute atomic E-state index is 0.570. The topological polar surface area (TPSA) is 84.0 Å². The van der Waals surface area contributed by atoms with Crippen LogP contribution in [0.25, 0.3) is 5.65 Å². The van der Waals surface area contributed by atoms with Crippen LogP contribution >= 0.6 is 15.9 Å². The number of nitrogens with zero attached hydrogens (tertiary/aromatic N) is 3. The first-order valence-electron chi connectivity index (χ1n) is 6.38. The van der Waals surface area contributed by atoms with E-state index < -0.39 is 0 Å². The van der Waals surface area contributed by atoms with Crippen molar-refractivity contribution in [2.75, 3.05) is 11.9 Å². The largest absolute Gasteiger partial charge is 0.364 e. The van der Waals surface area contributed by atoms with Crippen molar-refractivity contribution in [3.63, 3.8) is 0 Å². The van der Waals surface area contributed by atoms with Crippen molar-refractivity contribution >= 4 is 27.4 Å². The molecule has 6 nitrogen and oxygen atoms in total. The van der Waals surface area contributed by atoms with Crippen molar-refractivity contribution in [3.8, 4) is 0 Å². The second-order valence-electron chi connectivity index (χ2n) is 4.43. The van der Waals surface area contributed by atoms with E-state index in [1.807, 2.05) is 30.5 Å². The second kappa shape index (κ2) is 5.64. The lowest BCUT2D eigenvalue weighted by Crippen LogP contribution is -2.05. The van der Waals surface area contributed by atoms with Crippen LogP contribution in [-0.4, -0.2) is 26.1 Å². The third kappa shape index (κ3) is 2.54. The van der Waals surface area contributed by atoms with Gasteiger partial charge in [-0.25, -0.2) is 9.50 Å². The summed E-state index contributed by atoms with van der Waals surface area (Å²) in [6.07, 6.45) is 2.63. The number of halogens is 1. The molecule has 3 heterocycles. The second-order valence-corrected chi connectivity index (χ2v) is 5.18. The minimum atomic E-state index is 0.570. The zero-order valence-electron chi connectivity index (χ0n) is 10.8. The Bertz CT molecular complexity index is 703. The van der Waals surface area contributed by atoms with Crippen molar-refractivity contribution in [3.05, 3.63) is 46.5 Å². The summed E-state index contributed by atoms with van der Waals surface area (Å²) < 4.78 is 2.64. The summed E-state index contributed by atoms with van der Waals surface area (Å²) in [6, 6.07) is 7.86. The van der Waals surface area contributed by atoms with E-state index >= 15 is 0 Å². The molecule has 0 saturated heterocycles. The number of hydrogen-bond acceptors (Lipinski definition) is 4. The van der Waals surface area contributed by atoms with Gasteiger partial charge in [-0.3, -0.25) is 0 Å². The number of anilines is 1. The Labute approximate surface area is 124 Å². The fourth-order valence-electron chi connectivity index (χ4n) is 2.01. The van der Waals surface area contributed by atoms with Crippen molar-refractivity contribution in [1.29, 1.82) is 0 Å². The molecule has 0 amide bonds. The van der Waals surface area contributed by atoms with Gasteiger partial charge in [0.25, 0.3) is 0 Å². The molecule has 3 rings (SSSR count). The lowest BCUT2D eigenvalue weighted by atomic mass is 10.3. The Balaban J connectivity index is 1.84. The number of nitrogens with two attached hydrogens (primary N) is 1. The molecule has 20 heavy (non-hydrogen) atoms. The van der Waals surface area contributed by atoms with Crippen molar-refractivity contribution in [2.24, 2.45) is 5.73 Å². The highest BCUT2D eigenvalue weighted by atomic mass is 79.9. The van der Waals surface area contributed by atoms with Gasteiger partial charge in [0.2, 0.25) is 0 Å². The number of rotatable bonds is 5. The third-order valence-corrected chi connectivity index (χ3v) is 3.79. The van der Waals surface area contributed by atoms with E-state index in [2.05, 4.69) is 36.3 Å². The summed E-state index contributed by atoms with van der Waals surface area (Å²) in [5, 5.41) is 7.79. The predicted molar refractivity (Wildman–Crippen MR) is 81.6 cm³/mol. The van der Waals surface area contributed by atoms with Gasteiger partial charge in [0.15, 0.2) is 5.65 Å². The number of H-pyrrole nitrogens is 1. The van der Waals surface area contributed by atoms with Crippen LogP contribution in [0.2, 0.25) is 0 Å². The minimum Gasteiger partial charge on any atom is -0.364 e. The summed E-state index contributed by atoms with van der Waals surface area (Å²) in [7, 11) is 0. The predicted octanol–water partition coefficient (Wildman–Crippen LogP) is 1.93. The van der Waals surface area contributed by atoms with Gasteiger partial charge < -0.3 is 16.0 Å². The molecule has 0 aromatic carbocycles. The first-order chi connectivity index (χ1) is 9.78. The molecule has 0 aliphatic carbocycles. The molecular formula is C13H15BrN6. The summed E-state index contributed by atoms with van der Waals surface area (Å²) in [6.45, 7) is 1.27. The van der Waals surface area contributed by atoms with E-state index in [0.717, 1.165) is 33.9 Å². The molecule has 3 aromatic rings. The molecule has 0 aliphatic rings. The Morgan fingerprint density at radius 2 is 2.25 bits per heavy atom. The van der Waals surface area contributed by atoms with Crippen LogP contribution in [0.5, 0.6) is 0 Å². The van der Waals surface area contributed by atoms with Gasteiger partial charge in [-0.2, -0.15) is 0 Å². The molecule has 7 heteroatoms. The number of hydrogen-bond donors (Lipinski definition) is 3. The lowest BCUT2D eigenvalue weighted by molar-refractivity contribution is 0.885. The highest BCUT2D eigenvalue weighted by Crippen LogP contribution is 2.19. The fraction of sp³-hybridized carbons (Fsp3) is 0.231. The molecule has 0 fully saturated rings. The monoisotopic (exact) mass is 334 g/mol. The zero-order chi connectivity index (χ0) is 13.9. The molecule has 104 valence electrons.